The van der Waals surface area contributed by atoms with E-state index in [0.29, 0.717) is 94.7 Å². The minimum absolute atomic E-state index is 0.0109. The Hall–Kier alpha value is -4.50. The number of phenols is 1. The number of benzene rings is 2. The minimum atomic E-state index is -0.294. The van der Waals surface area contributed by atoms with Crippen LogP contribution >= 0.6 is 0 Å². The SMILES string of the molecule is CNc1c(O)ccc(CCNCCN(C(=O)CCOCCc2cccc(CN3CCC4(CC3)CN(C(=O)c3ccn(CC5CC5)n3)CCO4)c2)C(C)C)c1OCC=O. The topological polar surface area (TPSA) is 151 Å². The second-order valence-electron chi connectivity index (χ2n) is 16.2. The summed E-state index contributed by atoms with van der Waals surface area (Å²) < 4.78 is 19.8. The Kier molecular flexibility index (Phi) is 15.6. The second kappa shape index (κ2) is 21.0. The molecular weight excluding hydrogens is 739 g/mol. The van der Waals surface area contributed by atoms with Crippen LogP contribution in [0.4, 0.5) is 5.69 Å². The molecule has 0 radical (unpaired) electrons. The molecule has 6 rings (SSSR count). The smallest absolute Gasteiger partial charge is 0.274 e. The van der Waals surface area contributed by atoms with Crippen LogP contribution in [0.2, 0.25) is 0 Å². The number of morpholine rings is 1. The van der Waals surface area contributed by atoms with Crippen LogP contribution in [0.25, 0.3) is 0 Å². The number of carbonyl (C=O) groups is 3. The molecule has 14 nitrogen and oxygen atoms in total. The van der Waals surface area contributed by atoms with Gasteiger partial charge in [0.25, 0.3) is 5.91 Å². The number of aldehydes is 1. The molecular formula is C44H63N7O7. The summed E-state index contributed by atoms with van der Waals surface area (Å²) >= 11 is 0. The molecule has 14 heteroatoms. The fourth-order valence-corrected chi connectivity index (χ4v) is 8.04. The Morgan fingerprint density at radius 1 is 1.07 bits per heavy atom. The van der Waals surface area contributed by atoms with Gasteiger partial charge in [0.1, 0.15) is 29.5 Å². The van der Waals surface area contributed by atoms with Crippen molar-refractivity contribution < 1.29 is 33.7 Å². The van der Waals surface area contributed by atoms with E-state index in [9.17, 15) is 19.5 Å². The van der Waals surface area contributed by atoms with Gasteiger partial charge in [0.05, 0.1) is 38.4 Å². The molecule has 1 spiro atoms. The molecule has 1 aromatic heterocycles. The lowest BCUT2D eigenvalue weighted by atomic mass is 9.89. The van der Waals surface area contributed by atoms with Crippen LogP contribution in [-0.4, -0.2) is 139 Å². The number of aromatic hydroxyl groups is 1. The first kappa shape index (κ1) is 43.1. The molecule has 2 aliphatic heterocycles. The number of phenolic OH excluding ortho intramolecular Hbond substituents is 1. The van der Waals surface area contributed by atoms with Crippen LogP contribution in [0.5, 0.6) is 11.5 Å². The largest absolute Gasteiger partial charge is 0.506 e. The molecule has 3 N–H and O–H groups in total. The maximum absolute atomic E-state index is 13.3. The van der Waals surface area contributed by atoms with Gasteiger partial charge in [-0.25, -0.2) is 0 Å². The molecule has 3 heterocycles. The first-order chi connectivity index (χ1) is 28.2. The van der Waals surface area contributed by atoms with Gasteiger partial charge in [0.15, 0.2) is 6.29 Å². The molecule has 1 saturated carbocycles. The summed E-state index contributed by atoms with van der Waals surface area (Å²) in [7, 11) is 1.69. The summed E-state index contributed by atoms with van der Waals surface area (Å²) in [5.74, 6) is 1.32. The van der Waals surface area contributed by atoms with E-state index < -0.39 is 0 Å². The predicted molar refractivity (Wildman–Crippen MR) is 222 cm³/mol. The highest BCUT2D eigenvalue weighted by Gasteiger charge is 2.41. The van der Waals surface area contributed by atoms with E-state index in [2.05, 4.69) is 44.9 Å². The fraction of sp³-hybridized carbons (Fsp3) is 0.591. The number of rotatable bonds is 22. The molecule has 58 heavy (non-hydrogen) atoms. The van der Waals surface area contributed by atoms with Crippen LogP contribution in [0.1, 0.15) is 73.1 Å². The van der Waals surface area contributed by atoms with Crippen LogP contribution in [0, 0.1) is 5.92 Å². The summed E-state index contributed by atoms with van der Waals surface area (Å²) in [6.07, 6.45) is 8.65. The Morgan fingerprint density at radius 3 is 2.64 bits per heavy atom. The number of hydrogen-bond acceptors (Lipinski definition) is 11. The van der Waals surface area contributed by atoms with Gasteiger partial charge in [0, 0.05) is 65.1 Å². The quantitative estimate of drug-likeness (QED) is 0.0765. The molecule has 3 fully saturated rings. The van der Waals surface area contributed by atoms with E-state index >= 15 is 0 Å². The number of ether oxygens (including phenoxy) is 3. The van der Waals surface area contributed by atoms with E-state index in [0.717, 1.165) is 51.0 Å². The third kappa shape index (κ3) is 12.0. The maximum Gasteiger partial charge on any atom is 0.274 e. The fourth-order valence-electron chi connectivity index (χ4n) is 8.04. The van der Waals surface area contributed by atoms with Crippen molar-refractivity contribution in [2.24, 2.45) is 5.92 Å². The third-order valence-corrected chi connectivity index (χ3v) is 11.5. The standard InChI is InChI=1S/C44H63N7O7/c1-33(2)51(22-18-46-17-11-37-9-10-39(53)41(45-3)42(37)57-28-24-52)40(54)14-26-56-25-13-34-5-4-6-36(29-34)30-48-20-15-44(16-21-48)32-49(23-27-58-44)43(55)38-12-19-50(47-38)31-35-7-8-35/h4-6,9-10,12,19,24,29,33,35,45-46,53H,7-8,11,13-18,20-23,25-28,30-32H2,1-3H3. The lowest BCUT2D eigenvalue weighted by Gasteiger charge is -2.47. The van der Waals surface area contributed by atoms with Crippen LogP contribution in [-0.2, 0) is 45.0 Å². The number of anilines is 1. The first-order valence-corrected chi connectivity index (χ1v) is 21.1. The molecule has 2 amide bonds. The lowest BCUT2D eigenvalue weighted by molar-refractivity contribution is -0.134. The zero-order chi connectivity index (χ0) is 40.9. The predicted octanol–water partition coefficient (Wildman–Crippen LogP) is 4.14. The average molecular weight is 802 g/mol. The molecule has 1 aliphatic carbocycles. The third-order valence-electron chi connectivity index (χ3n) is 11.5. The summed E-state index contributed by atoms with van der Waals surface area (Å²) in [6, 6.07) is 14.0. The van der Waals surface area contributed by atoms with E-state index in [1.165, 1.54) is 24.0 Å². The summed E-state index contributed by atoms with van der Waals surface area (Å²) in [4.78, 5) is 43.7. The molecule has 0 unspecified atom stereocenters. The molecule has 3 aliphatic rings. The minimum Gasteiger partial charge on any atom is -0.506 e. The van der Waals surface area contributed by atoms with Crippen molar-refractivity contribution in [3.8, 4) is 11.5 Å². The van der Waals surface area contributed by atoms with Gasteiger partial charge in [0.2, 0.25) is 5.91 Å². The van der Waals surface area contributed by atoms with Gasteiger partial charge in [-0.05, 0) is 93.7 Å². The zero-order valence-electron chi connectivity index (χ0n) is 34.6. The normalized spacial score (nSPS) is 16.8. The Morgan fingerprint density at radius 2 is 1.88 bits per heavy atom. The first-order valence-electron chi connectivity index (χ1n) is 21.1. The molecule has 0 atom stereocenters. The molecule has 316 valence electrons. The molecule has 0 bridgehead atoms. The van der Waals surface area contributed by atoms with Crippen molar-refractivity contribution in [1.29, 1.82) is 0 Å². The van der Waals surface area contributed by atoms with Gasteiger partial charge >= 0.3 is 0 Å². The zero-order valence-corrected chi connectivity index (χ0v) is 34.6. The van der Waals surface area contributed by atoms with Gasteiger partial charge in [-0.1, -0.05) is 30.3 Å². The lowest BCUT2D eigenvalue weighted by Crippen LogP contribution is -2.58. The van der Waals surface area contributed by atoms with Crippen molar-refractivity contribution in [3.05, 3.63) is 71.0 Å². The van der Waals surface area contributed by atoms with Crippen molar-refractivity contribution in [1.82, 2.24) is 29.8 Å². The number of aromatic nitrogens is 2. The van der Waals surface area contributed by atoms with Crippen LogP contribution < -0.4 is 15.4 Å². The van der Waals surface area contributed by atoms with Crippen LogP contribution in [0.3, 0.4) is 0 Å². The molecule has 2 aromatic carbocycles. The van der Waals surface area contributed by atoms with E-state index in [-0.39, 0.29) is 35.8 Å². The highest BCUT2D eigenvalue weighted by molar-refractivity contribution is 5.92. The van der Waals surface area contributed by atoms with E-state index in [4.69, 9.17) is 14.2 Å². The van der Waals surface area contributed by atoms with Crippen molar-refractivity contribution in [2.75, 3.05) is 84.6 Å². The number of hydrogen-bond donors (Lipinski definition) is 3. The van der Waals surface area contributed by atoms with Crippen molar-refractivity contribution in [3.63, 3.8) is 0 Å². The molecule has 3 aromatic rings. The number of piperidine rings is 1. The Balaban J connectivity index is 0.865. The summed E-state index contributed by atoms with van der Waals surface area (Å²) in [5.41, 5.74) is 4.05. The number of nitrogens with zero attached hydrogens (tertiary/aromatic N) is 5. The van der Waals surface area contributed by atoms with Crippen LogP contribution in [0.15, 0.2) is 48.7 Å². The summed E-state index contributed by atoms with van der Waals surface area (Å²) in [6.45, 7) is 12.1. The highest BCUT2D eigenvalue weighted by atomic mass is 16.5. The number of amides is 2. The molecule has 2 saturated heterocycles. The van der Waals surface area contributed by atoms with Crippen molar-refractivity contribution in [2.45, 2.75) is 83.5 Å². The maximum atomic E-state index is 13.3. The number of nitrogens with one attached hydrogen (secondary N) is 2. The number of likely N-dealkylation sites (tertiary alicyclic amines) is 1. The number of carbonyl (C=O) groups excluding carboxylic acids is 3. The Labute approximate surface area is 343 Å². The second-order valence-corrected chi connectivity index (χ2v) is 16.2. The van der Waals surface area contributed by atoms with Crippen molar-refractivity contribution >= 4 is 23.8 Å². The van der Waals surface area contributed by atoms with E-state index in [1.807, 2.05) is 40.6 Å². The summed E-state index contributed by atoms with van der Waals surface area (Å²) in [5, 5.41) is 21.1. The average Bonchev–Trinajstić information content (AvgIpc) is 3.92. The van der Waals surface area contributed by atoms with Gasteiger partial charge in [-0.2, -0.15) is 5.10 Å². The monoisotopic (exact) mass is 801 g/mol. The van der Waals surface area contributed by atoms with Gasteiger partial charge < -0.3 is 39.8 Å². The van der Waals surface area contributed by atoms with E-state index in [1.54, 1.807) is 19.2 Å². The Bertz CT molecular complexity index is 1800. The highest BCUT2D eigenvalue weighted by Crippen LogP contribution is 2.37. The van der Waals surface area contributed by atoms with Gasteiger partial charge in [-0.3, -0.25) is 24.0 Å². The van der Waals surface area contributed by atoms with Gasteiger partial charge in [-0.15, -0.1) is 0 Å².